The number of rotatable bonds is 5. The fraction of sp³-hybridized carbons (Fsp3) is 0.400. The largest absolute Gasteiger partial charge is 0.309 e. The Labute approximate surface area is 93.8 Å². The SMILES string of the molecule is Cn1cnc(CCNCc2ncccn2)n1. The average Bonchev–Trinajstić information content (AvgIpc) is 2.72. The minimum Gasteiger partial charge on any atom is -0.309 e. The molecule has 6 nitrogen and oxygen atoms in total. The lowest BCUT2D eigenvalue weighted by molar-refractivity contribution is 0.641. The molecule has 16 heavy (non-hydrogen) atoms. The quantitative estimate of drug-likeness (QED) is 0.712. The highest BCUT2D eigenvalue weighted by Crippen LogP contribution is 1.90. The summed E-state index contributed by atoms with van der Waals surface area (Å²) in [7, 11) is 1.86. The zero-order valence-electron chi connectivity index (χ0n) is 9.17. The fourth-order valence-corrected chi connectivity index (χ4v) is 1.32. The third kappa shape index (κ3) is 3.09. The number of nitrogens with one attached hydrogen (secondary N) is 1. The molecule has 0 saturated heterocycles. The van der Waals surface area contributed by atoms with Crippen molar-refractivity contribution in [1.29, 1.82) is 0 Å². The summed E-state index contributed by atoms with van der Waals surface area (Å²) in [4.78, 5) is 12.4. The first-order valence-electron chi connectivity index (χ1n) is 5.16. The molecule has 0 aliphatic carbocycles. The van der Waals surface area contributed by atoms with Gasteiger partial charge in [-0.15, -0.1) is 0 Å². The van der Waals surface area contributed by atoms with Gasteiger partial charge in [-0.05, 0) is 6.07 Å². The van der Waals surface area contributed by atoms with E-state index in [0.29, 0.717) is 6.54 Å². The molecule has 84 valence electrons. The monoisotopic (exact) mass is 218 g/mol. The molecule has 0 bridgehead atoms. The Morgan fingerprint density at radius 2 is 2.00 bits per heavy atom. The van der Waals surface area contributed by atoms with Crippen LogP contribution < -0.4 is 5.32 Å². The number of hydrogen-bond acceptors (Lipinski definition) is 5. The van der Waals surface area contributed by atoms with E-state index in [-0.39, 0.29) is 0 Å². The van der Waals surface area contributed by atoms with Crippen LogP contribution in [0.1, 0.15) is 11.6 Å². The summed E-state index contributed by atoms with van der Waals surface area (Å²) in [5.41, 5.74) is 0. The molecule has 0 fully saturated rings. The summed E-state index contributed by atoms with van der Waals surface area (Å²) in [6.45, 7) is 1.50. The molecule has 2 aromatic rings. The molecule has 0 spiro atoms. The van der Waals surface area contributed by atoms with Gasteiger partial charge in [-0.1, -0.05) is 0 Å². The maximum absolute atomic E-state index is 4.19. The lowest BCUT2D eigenvalue weighted by Gasteiger charge is -2.00. The summed E-state index contributed by atoms with van der Waals surface area (Å²) in [5.74, 6) is 1.65. The average molecular weight is 218 g/mol. The Morgan fingerprint density at radius 1 is 1.19 bits per heavy atom. The minimum atomic E-state index is 0.674. The Balaban J connectivity index is 1.69. The van der Waals surface area contributed by atoms with Crippen molar-refractivity contribution in [1.82, 2.24) is 30.0 Å². The second-order valence-electron chi connectivity index (χ2n) is 3.43. The second-order valence-corrected chi connectivity index (χ2v) is 3.43. The lowest BCUT2D eigenvalue weighted by atomic mass is 10.4. The predicted molar refractivity (Wildman–Crippen MR) is 58.4 cm³/mol. The predicted octanol–water partition coefficient (Wildman–Crippen LogP) is -0.0626. The van der Waals surface area contributed by atoms with Crippen LogP contribution in [-0.4, -0.2) is 31.3 Å². The number of aromatic nitrogens is 5. The Bertz CT molecular complexity index is 424. The van der Waals surface area contributed by atoms with Gasteiger partial charge >= 0.3 is 0 Å². The van der Waals surface area contributed by atoms with E-state index in [0.717, 1.165) is 24.6 Å². The standard InChI is InChI=1S/C10H14N6/c1-16-8-14-9(15-16)3-6-11-7-10-12-4-2-5-13-10/h2,4-5,8,11H,3,6-7H2,1H3. The second kappa shape index (κ2) is 5.32. The summed E-state index contributed by atoms with van der Waals surface area (Å²) in [6.07, 6.45) is 6.00. The van der Waals surface area contributed by atoms with Gasteiger partial charge in [0.1, 0.15) is 12.2 Å². The molecule has 0 saturated carbocycles. The first kappa shape index (κ1) is 10.7. The molecule has 0 aliphatic rings. The highest BCUT2D eigenvalue weighted by atomic mass is 15.3. The highest BCUT2D eigenvalue weighted by molar-refractivity contribution is 4.88. The molecule has 0 aliphatic heterocycles. The smallest absolute Gasteiger partial charge is 0.151 e. The van der Waals surface area contributed by atoms with E-state index < -0.39 is 0 Å². The van der Waals surface area contributed by atoms with Gasteiger partial charge < -0.3 is 5.32 Å². The molecule has 6 heteroatoms. The summed E-state index contributed by atoms with van der Waals surface area (Å²) < 4.78 is 1.70. The van der Waals surface area contributed by atoms with Gasteiger partial charge in [0, 0.05) is 32.4 Å². The highest BCUT2D eigenvalue weighted by Gasteiger charge is 1.98. The molecule has 0 atom stereocenters. The fourth-order valence-electron chi connectivity index (χ4n) is 1.32. The van der Waals surface area contributed by atoms with Crippen LogP contribution in [0.2, 0.25) is 0 Å². The van der Waals surface area contributed by atoms with Gasteiger partial charge in [0.05, 0.1) is 6.54 Å². The minimum absolute atomic E-state index is 0.674. The van der Waals surface area contributed by atoms with Crippen LogP contribution in [0.25, 0.3) is 0 Å². The van der Waals surface area contributed by atoms with Crippen LogP contribution >= 0.6 is 0 Å². The van der Waals surface area contributed by atoms with Gasteiger partial charge in [0.2, 0.25) is 0 Å². The van der Waals surface area contributed by atoms with Crippen LogP contribution in [0.3, 0.4) is 0 Å². The molecule has 0 unspecified atom stereocenters. The van der Waals surface area contributed by atoms with Crippen molar-refractivity contribution >= 4 is 0 Å². The molecule has 2 heterocycles. The Hall–Kier alpha value is -1.82. The van der Waals surface area contributed by atoms with Crippen molar-refractivity contribution in [2.45, 2.75) is 13.0 Å². The maximum Gasteiger partial charge on any atom is 0.151 e. The molecule has 0 amide bonds. The van der Waals surface area contributed by atoms with E-state index in [1.54, 1.807) is 29.5 Å². The van der Waals surface area contributed by atoms with Crippen LogP contribution in [0.4, 0.5) is 0 Å². The maximum atomic E-state index is 4.19. The third-order valence-electron chi connectivity index (χ3n) is 2.07. The van der Waals surface area contributed by atoms with Crippen molar-refractivity contribution in [3.05, 3.63) is 36.4 Å². The number of aryl methyl sites for hydroxylation is 1. The van der Waals surface area contributed by atoms with E-state index in [2.05, 4.69) is 25.4 Å². The molecular weight excluding hydrogens is 204 g/mol. The first-order valence-corrected chi connectivity index (χ1v) is 5.16. The number of hydrogen-bond donors (Lipinski definition) is 1. The molecule has 2 aromatic heterocycles. The van der Waals surface area contributed by atoms with Crippen molar-refractivity contribution < 1.29 is 0 Å². The summed E-state index contributed by atoms with van der Waals surface area (Å²) in [6, 6.07) is 1.81. The van der Waals surface area contributed by atoms with E-state index in [4.69, 9.17) is 0 Å². The Morgan fingerprint density at radius 3 is 2.69 bits per heavy atom. The van der Waals surface area contributed by atoms with Gasteiger partial charge in [-0.3, -0.25) is 4.68 Å². The van der Waals surface area contributed by atoms with E-state index in [9.17, 15) is 0 Å². The van der Waals surface area contributed by atoms with Gasteiger partial charge in [0.15, 0.2) is 5.82 Å². The zero-order chi connectivity index (χ0) is 11.2. The topological polar surface area (TPSA) is 68.5 Å². The molecule has 0 aromatic carbocycles. The van der Waals surface area contributed by atoms with E-state index in [1.165, 1.54) is 0 Å². The third-order valence-corrected chi connectivity index (χ3v) is 2.07. The Kier molecular flexibility index (Phi) is 3.55. The van der Waals surface area contributed by atoms with Crippen LogP contribution in [0, 0.1) is 0 Å². The van der Waals surface area contributed by atoms with Crippen molar-refractivity contribution in [3.63, 3.8) is 0 Å². The van der Waals surface area contributed by atoms with Gasteiger partial charge in [-0.2, -0.15) is 5.10 Å². The van der Waals surface area contributed by atoms with Crippen molar-refractivity contribution in [2.75, 3.05) is 6.54 Å². The molecular formula is C10H14N6. The van der Waals surface area contributed by atoms with Gasteiger partial charge in [0.25, 0.3) is 0 Å². The van der Waals surface area contributed by atoms with Crippen LogP contribution in [0.15, 0.2) is 24.8 Å². The summed E-state index contributed by atoms with van der Waals surface area (Å²) >= 11 is 0. The normalized spacial score (nSPS) is 10.6. The zero-order valence-corrected chi connectivity index (χ0v) is 9.17. The van der Waals surface area contributed by atoms with E-state index >= 15 is 0 Å². The first-order chi connectivity index (χ1) is 7.84. The van der Waals surface area contributed by atoms with Crippen molar-refractivity contribution in [2.24, 2.45) is 7.05 Å². The van der Waals surface area contributed by atoms with Crippen LogP contribution in [-0.2, 0) is 20.0 Å². The van der Waals surface area contributed by atoms with Crippen LogP contribution in [0.5, 0.6) is 0 Å². The summed E-state index contributed by atoms with van der Waals surface area (Å²) in [5, 5.41) is 7.43. The number of nitrogens with zero attached hydrogens (tertiary/aromatic N) is 5. The van der Waals surface area contributed by atoms with E-state index in [1.807, 2.05) is 7.05 Å². The molecule has 1 N–H and O–H groups in total. The molecule has 2 rings (SSSR count). The van der Waals surface area contributed by atoms with Gasteiger partial charge in [-0.25, -0.2) is 15.0 Å². The van der Waals surface area contributed by atoms with Crippen molar-refractivity contribution in [3.8, 4) is 0 Å². The molecule has 0 radical (unpaired) electrons. The lowest BCUT2D eigenvalue weighted by Crippen LogP contribution is -2.18.